The quantitative estimate of drug-likeness (QED) is 0.540. The molecular formula is C12H13. The molecule has 0 bridgehead atoms. The zero-order valence-corrected chi connectivity index (χ0v) is 7.27. The maximum atomic E-state index is 3.54. The van der Waals surface area contributed by atoms with Gasteiger partial charge in [0.25, 0.3) is 0 Å². The van der Waals surface area contributed by atoms with Gasteiger partial charge < -0.3 is 0 Å². The molecule has 0 heterocycles. The van der Waals surface area contributed by atoms with Crippen LogP contribution in [0.25, 0.3) is 0 Å². The molecule has 0 aromatic carbocycles. The average Bonchev–Trinajstić information content (AvgIpc) is 2.70. The lowest BCUT2D eigenvalue weighted by Crippen LogP contribution is -2.05. The van der Waals surface area contributed by atoms with Gasteiger partial charge in [0.15, 0.2) is 0 Å². The second-order valence-electron chi connectivity index (χ2n) is 3.93. The summed E-state index contributed by atoms with van der Waals surface area (Å²) >= 11 is 0. The summed E-state index contributed by atoms with van der Waals surface area (Å²) in [4.78, 5) is 0. The van der Waals surface area contributed by atoms with Crippen molar-refractivity contribution >= 4 is 0 Å². The molecule has 1 radical (unpaired) electrons. The zero-order chi connectivity index (χ0) is 7.97. The van der Waals surface area contributed by atoms with Gasteiger partial charge >= 0.3 is 0 Å². The molecular weight excluding hydrogens is 144 g/mol. The van der Waals surface area contributed by atoms with Crippen molar-refractivity contribution in [3.8, 4) is 0 Å². The summed E-state index contributed by atoms with van der Waals surface area (Å²) < 4.78 is 0. The first kappa shape index (κ1) is 6.71. The van der Waals surface area contributed by atoms with Gasteiger partial charge in [-0.25, -0.2) is 0 Å². The van der Waals surface area contributed by atoms with Crippen molar-refractivity contribution in [1.82, 2.24) is 0 Å². The monoisotopic (exact) mass is 157 g/mol. The molecule has 1 unspecified atom stereocenters. The molecule has 1 atom stereocenters. The van der Waals surface area contributed by atoms with Crippen LogP contribution in [0.2, 0.25) is 0 Å². The second kappa shape index (κ2) is 2.35. The van der Waals surface area contributed by atoms with Crippen LogP contribution in [0, 0.1) is 12.0 Å². The van der Waals surface area contributed by atoms with Crippen molar-refractivity contribution in [2.75, 3.05) is 0 Å². The van der Waals surface area contributed by atoms with Crippen LogP contribution in [0.3, 0.4) is 0 Å². The van der Waals surface area contributed by atoms with E-state index >= 15 is 0 Å². The molecule has 3 aliphatic carbocycles. The van der Waals surface area contributed by atoms with E-state index in [4.69, 9.17) is 0 Å². The van der Waals surface area contributed by atoms with Crippen molar-refractivity contribution in [2.45, 2.75) is 32.1 Å². The SMILES string of the molecule is [C]1=C(C2=CCC2)C(C2=CC2)CC1. The molecule has 0 amide bonds. The van der Waals surface area contributed by atoms with Crippen molar-refractivity contribution in [3.63, 3.8) is 0 Å². The maximum Gasteiger partial charge on any atom is 0.00599 e. The molecule has 0 aliphatic heterocycles. The Labute approximate surface area is 73.7 Å². The third-order valence-corrected chi connectivity index (χ3v) is 3.13. The number of rotatable bonds is 2. The predicted molar refractivity (Wildman–Crippen MR) is 49.5 cm³/mol. The first-order valence-corrected chi connectivity index (χ1v) is 4.94. The van der Waals surface area contributed by atoms with E-state index in [0.717, 1.165) is 5.92 Å². The smallest absolute Gasteiger partial charge is 0.00599 e. The Balaban J connectivity index is 1.86. The summed E-state index contributed by atoms with van der Waals surface area (Å²) in [6, 6.07) is 0. The summed E-state index contributed by atoms with van der Waals surface area (Å²) in [6.07, 6.45) is 14.7. The van der Waals surface area contributed by atoms with E-state index in [1.807, 2.05) is 0 Å². The topological polar surface area (TPSA) is 0 Å². The van der Waals surface area contributed by atoms with E-state index in [-0.39, 0.29) is 0 Å². The molecule has 0 saturated heterocycles. The Morgan fingerprint density at radius 1 is 1.33 bits per heavy atom. The molecule has 0 aromatic rings. The fourth-order valence-corrected chi connectivity index (χ4v) is 2.20. The third-order valence-electron chi connectivity index (χ3n) is 3.13. The van der Waals surface area contributed by atoms with Gasteiger partial charge in [0.2, 0.25) is 0 Å². The largest absolute Gasteiger partial charge is 0.0807 e. The first-order valence-electron chi connectivity index (χ1n) is 4.94. The molecule has 0 aromatic heterocycles. The standard InChI is InChI=1S/C12H13/c1-3-9(4-1)11-5-2-6-12(11)10-7-8-10/h3,7,12H,1-2,4,6,8H2. The molecule has 12 heavy (non-hydrogen) atoms. The van der Waals surface area contributed by atoms with Crippen molar-refractivity contribution in [1.29, 1.82) is 0 Å². The minimum absolute atomic E-state index is 0.788. The molecule has 61 valence electrons. The van der Waals surface area contributed by atoms with Crippen LogP contribution in [0.4, 0.5) is 0 Å². The lowest BCUT2D eigenvalue weighted by molar-refractivity contribution is 0.700. The summed E-state index contributed by atoms with van der Waals surface area (Å²) in [5.74, 6) is 0.788. The van der Waals surface area contributed by atoms with Gasteiger partial charge in [0, 0.05) is 5.92 Å². The minimum atomic E-state index is 0.788. The van der Waals surface area contributed by atoms with Gasteiger partial charge in [0.1, 0.15) is 0 Å². The Kier molecular flexibility index (Phi) is 1.31. The van der Waals surface area contributed by atoms with Crippen LogP contribution in [0.15, 0.2) is 28.9 Å². The van der Waals surface area contributed by atoms with Gasteiger partial charge in [-0.1, -0.05) is 17.7 Å². The van der Waals surface area contributed by atoms with Crippen molar-refractivity contribution in [3.05, 3.63) is 34.9 Å². The van der Waals surface area contributed by atoms with E-state index in [1.165, 1.54) is 32.1 Å². The van der Waals surface area contributed by atoms with Crippen LogP contribution in [0.5, 0.6) is 0 Å². The summed E-state index contributed by atoms with van der Waals surface area (Å²) in [6.45, 7) is 0. The van der Waals surface area contributed by atoms with Gasteiger partial charge in [-0.2, -0.15) is 0 Å². The fourth-order valence-electron chi connectivity index (χ4n) is 2.20. The zero-order valence-electron chi connectivity index (χ0n) is 7.27. The highest BCUT2D eigenvalue weighted by Crippen LogP contribution is 2.45. The van der Waals surface area contributed by atoms with E-state index in [9.17, 15) is 0 Å². The fraction of sp³-hybridized carbons (Fsp3) is 0.500. The summed E-state index contributed by atoms with van der Waals surface area (Å²) in [7, 11) is 0. The van der Waals surface area contributed by atoms with Crippen molar-refractivity contribution < 1.29 is 0 Å². The van der Waals surface area contributed by atoms with E-state index in [2.05, 4.69) is 18.2 Å². The van der Waals surface area contributed by atoms with Gasteiger partial charge in [0.05, 0.1) is 0 Å². The highest BCUT2D eigenvalue weighted by molar-refractivity contribution is 5.45. The van der Waals surface area contributed by atoms with E-state index in [0.29, 0.717) is 0 Å². The van der Waals surface area contributed by atoms with Gasteiger partial charge in [-0.15, -0.1) is 0 Å². The average molecular weight is 157 g/mol. The molecule has 3 aliphatic rings. The number of allylic oxidation sites excluding steroid dienone is 6. The van der Waals surface area contributed by atoms with Crippen LogP contribution in [-0.4, -0.2) is 0 Å². The van der Waals surface area contributed by atoms with Crippen LogP contribution < -0.4 is 0 Å². The van der Waals surface area contributed by atoms with E-state index < -0.39 is 0 Å². The number of hydrogen-bond acceptors (Lipinski definition) is 0. The molecule has 0 heteroatoms. The lowest BCUT2D eigenvalue weighted by atomic mass is 9.85. The summed E-state index contributed by atoms with van der Waals surface area (Å²) in [5.41, 5.74) is 4.85. The lowest BCUT2D eigenvalue weighted by Gasteiger charge is -2.20. The van der Waals surface area contributed by atoms with E-state index in [1.54, 1.807) is 16.7 Å². The first-order chi connectivity index (χ1) is 5.95. The molecule has 0 spiro atoms. The van der Waals surface area contributed by atoms with Crippen LogP contribution in [0.1, 0.15) is 32.1 Å². The predicted octanol–water partition coefficient (Wildman–Crippen LogP) is 3.18. The highest BCUT2D eigenvalue weighted by Gasteiger charge is 2.30. The third kappa shape index (κ3) is 0.906. The van der Waals surface area contributed by atoms with Crippen LogP contribution >= 0.6 is 0 Å². The second-order valence-corrected chi connectivity index (χ2v) is 3.93. The normalized spacial score (nSPS) is 32.0. The highest BCUT2D eigenvalue weighted by atomic mass is 14.3. The minimum Gasteiger partial charge on any atom is -0.0807 e. The van der Waals surface area contributed by atoms with Gasteiger partial charge in [-0.3, -0.25) is 0 Å². The van der Waals surface area contributed by atoms with Crippen LogP contribution in [-0.2, 0) is 0 Å². The van der Waals surface area contributed by atoms with Crippen molar-refractivity contribution in [2.24, 2.45) is 5.92 Å². The van der Waals surface area contributed by atoms with Gasteiger partial charge in [-0.05, 0) is 49.3 Å². The Bertz CT molecular complexity index is 302. The Morgan fingerprint density at radius 2 is 2.17 bits per heavy atom. The molecule has 0 nitrogen and oxygen atoms in total. The maximum absolute atomic E-state index is 3.54. The molecule has 0 saturated carbocycles. The number of hydrogen-bond donors (Lipinski definition) is 0. The molecule has 0 fully saturated rings. The molecule has 3 rings (SSSR count). The molecule has 0 N–H and O–H groups in total. The Morgan fingerprint density at radius 3 is 2.75 bits per heavy atom. The summed E-state index contributed by atoms with van der Waals surface area (Å²) in [5, 5.41) is 0. The Hall–Kier alpha value is -0.780.